The number of hydrogen-bond donors (Lipinski definition) is 2. The Morgan fingerprint density at radius 1 is 1.03 bits per heavy atom. The van der Waals surface area contributed by atoms with Crippen molar-refractivity contribution in [3.8, 4) is 0 Å². The van der Waals surface area contributed by atoms with Crippen LogP contribution in [0.1, 0.15) is 31.2 Å². The number of hydroxylamine groups is 1. The van der Waals surface area contributed by atoms with E-state index in [1.807, 2.05) is 0 Å². The number of carbonyl (C=O) groups excluding carboxylic acids is 1. The van der Waals surface area contributed by atoms with E-state index in [9.17, 15) is 18.4 Å². The van der Waals surface area contributed by atoms with Crippen LogP contribution in [0.3, 0.4) is 0 Å². The fourth-order valence-electron chi connectivity index (χ4n) is 5.20. The van der Waals surface area contributed by atoms with Crippen molar-refractivity contribution in [2.45, 2.75) is 43.4 Å². The molecule has 0 atom stereocenters. The van der Waals surface area contributed by atoms with Gasteiger partial charge in [-0.2, -0.15) is 0 Å². The van der Waals surface area contributed by atoms with Gasteiger partial charge in [0.25, 0.3) is 5.91 Å². The molecule has 9 nitrogen and oxygen atoms in total. The molecule has 3 aliphatic heterocycles. The van der Waals surface area contributed by atoms with Crippen LogP contribution in [0.25, 0.3) is 0 Å². The summed E-state index contributed by atoms with van der Waals surface area (Å²) in [7, 11) is -3.91. The second-order valence-corrected chi connectivity index (χ2v) is 11.3. The number of rotatable bonds is 5. The maximum absolute atomic E-state index is 13.4. The van der Waals surface area contributed by atoms with Crippen molar-refractivity contribution >= 4 is 21.6 Å². The van der Waals surface area contributed by atoms with Gasteiger partial charge in [0.05, 0.1) is 0 Å². The maximum atomic E-state index is 13.4. The van der Waals surface area contributed by atoms with E-state index in [0.717, 1.165) is 39.0 Å². The van der Waals surface area contributed by atoms with E-state index < -0.39 is 20.7 Å². The molecule has 3 aliphatic rings. The minimum absolute atomic E-state index is 0.0582. The summed E-state index contributed by atoms with van der Waals surface area (Å²) in [5.74, 6) is -0.852. The van der Waals surface area contributed by atoms with Crippen LogP contribution < -0.4 is 10.4 Å². The van der Waals surface area contributed by atoms with Crippen molar-refractivity contribution in [3.05, 3.63) is 29.8 Å². The van der Waals surface area contributed by atoms with E-state index in [1.165, 1.54) is 15.6 Å². The van der Waals surface area contributed by atoms with Crippen molar-refractivity contribution in [1.82, 2.24) is 14.7 Å². The summed E-state index contributed by atoms with van der Waals surface area (Å²) in [5.41, 5.74) is 4.10. The van der Waals surface area contributed by atoms with Gasteiger partial charge in [-0.3, -0.25) is 14.9 Å². The third kappa shape index (κ3) is 4.38. The number of piperazine rings is 1. The Morgan fingerprint density at radius 3 is 2.19 bits per heavy atom. The van der Waals surface area contributed by atoms with Crippen molar-refractivity contribution in [2.75, 3.05) is 57.4 Å². The topological polar surface area (TPSA) is 102 Å². The number of nitrogens with one attached hydrogen (secondary N) is 1. The van der Waals surface area contributed by atoms with Crippen LogP contribution >= 0.6 is 0 Å². The molecule has 1 aromatic rings. The minimum atomic E-state index is -3.91. The molecular formula is C22H34N4O5S. The van der Waals surface area contributed by atoms with Crippen LogP contribution in [0.2, 0.25) is 0 Å². The first kappa shape index (κ1) is 23.4. The lowest BCUT2D eigenvalue weighted by Crippen LogP contribution is -2.61. The Balaban J connectivity index is 1.35. The lowest BCUT2D eigenvalue weighted by atomic mass is 9.98. The van der Waals surface area contributed by atoms with Gasteiger partial charge in [-0.1, -0.05) is 17.7 Å². The molecule has 0 spiro atoms. The lowest BCUT2D eigenvalue weighted by Gasteiger charge is -2.45. The SMILES string of the molecule is Cc1ccc(N2CCN(C3CCN(S(=O)(=O)C4(C(=O)NO)CCOCC4)CC3)CC2)cc1. The summed E-state index contributed by atoms with van der Waals surface area (Å²) >= 11 is 0. The molecule has 3 saturated heterocycles. The number of aryl methyl sites for hydroxylation is 1. The van der Waals surface area contributed by atoms with E-state index in [2.05, 4.69) is 41.0 Å². The maximum Gasteiger partial charge on any atom is 0.266 e. The van der Waals surface area contributed by atoms with Crippen LogP contribution in [-0.2, 0) is 19.6 Å². The number of carbonyl (C=O) groups is 1. The average Bonchev–Trinajstić information content (AvgIpc) is 2.84. The van der Waals surface area contributed by atoms with Crippen LogP contribution in [0, 0.1) is 6.92 Å². The second kappa shape index (κ2) is 9.64. The standard InChI is InChI=1S/C22H34N4O5S/c1-18-2-4-19(5-3-18)24-12-14-25(15-13-24)20-6-10-26(11-7-20)32(29,30)22(21(27)23-28)8-16-31-17-9-22/h2-5,20,28H,6-17H2,1H3,(H,23,27). The Morgan fingerprint density at radius 2 is 1.62 bits per heavy atom. The van der Waals surface area contributed by atoms with E-state index in [-0.39, 0.29) is 26.1 Å². The molecule has 32 heavy (non-hydrogen) atoms. The Labute approximate surface area is 190 Å². The summed E-state index contributed by atoms with van der Waals surface area (Å²) in [6.45, 7) is 7.10. The third-order valence-electron chi connectivity index (χ3n) is 7.30. The lowest BCUT2D eigenvalue weighted by molar-refractivity contribution is -0.134. The van der Waals surface area contributed by atoms with Crippen molar-refractivity contribution < 1.29 is 23.2 Å². The second-order valence-electron chi connectivity index (χ2n) is 9.04. The van der Waals surface area contributed by atoms with Crippen LogP contribution in [0.15, 0.2) is 24.3 Å². The fraction of sp³-hybridized carbons (Fsp3) is 0.682. The highest BCUT2D eigenvalue weighted by Gasteiger charge is 2.54. The normalized spacial score (nSPS) is 23.8. The molecule has 0 aliphatic carbocycles. The monoisotopic (exact) mass is 466 g/mol. The van der Waals surface area contributed by atoms with Crippen molar-refractivity contribution in [1.29, 1.82) is 0 Å². The number of benzene rings is 1. The predicted octanol–water partition coefficient (Wildman–Crippen LogP) is 0.966. The molecular weight excluding hydrogens is 432 g/mol. The fourth-order valence-corrected chi connectivity index (χ4v) is 7.35. The molecule has 178 valence electrons. The molecule has 2 N–H and O–H groups in total. The number of sulfonamides is 1. The highest BCUT2D eigenvalue weighted by atomic mass is 32.2. The molecule has 0 bridgehead atoms. The third-order valence-corrected chi connectivity index (χ3v) is 9.93. The number of nitrogens with zero attached hydrogens (tertiary/aromatic N) is 3. The van der Waals surface area contributed by atoms with Crippen LogP contribution in [0.4, 0.5) is 5.69 Å². The highest BCUT2D eigenvalue weighted by molar-refractivity contribution is 7.91. The van der Waals surface area contributed by atoms with Crippen molar-refractivity contribution in [2.24, 2.45) is 0 Å². The van der Waals surface area contributed by atoms with Gasteiger partial charge in [-0.25, -0.2) is 18.2 Å². The molecule has 1 amide bonds. The Kier molecular flexibility index (Phi) is 7.06. The average molecular weight is 467 g/mol. The first-order valence-electron chi connectivity index (χ1n) is 11.4. The summed E-state index contributed by atoms with van der Waals surface area (Å²) < 4.78 is 32.0. The van der Waals surface area contributed by atoms with Crippen molar-refractivity contribution in [3.63, 3.8) is 0 Å². The van der Waals surface area contributed by atoms with Gasteiger partial charge < -0.3 is 9.64 Å². The smallest absolute Gasteiger partial charge is 0.266 e. The largest absolute Gasteiger partial charge is 0.381 e. The van der Waals surface area contributed by atoms with Crippen LogP contribution in [0.5, 0.6) is 0 Å². The van der Waals surface area contributed by atoms with Gasteiger partial charge in [0, 0.05) is 77.1 Å². The minimum Gasteiger partial charge on any atom is -0.381 e. The quantitative estimate of drug-likeness (QED) is 0.492. The number of anilines is 1. The van der Waals surface area contributed by atoms with Gasteiger partial charge >= 0.3 is 0 Å². The molecule has 1 aromatic carbocycles. The van der Waals surface area contributed by atoms with E-state index >= 15 is 0 Å². The molecule has 0 aromatic heterocycles. The molecule has 3 heterocycles. The first-order valence-corrected chi connectivity index (χ1v) is 12.9. The zero-order valence-electron chi connectivity index (χ0n) is 18.7. The molecule has 0 radical (unpaired) electrons. The molecule has 0 saturated carbocycles. The van der Waals surface area contributed by atoms with Gasteiger partial charge in [0.15, 0.2) is 4.75 Å². The summed E-state index contributed by atoms with van der Waals surface area (Å²) in [6, 6.07) is 8.96. The van der Waals surface area contributed by atoms with Gasteiger partial charge in [0.1, 0.15) is 0 Å². The number of amides is 1. The number of ether oxygens (including phenoxy) is 1. The molecule has 10 heteroatoms. The molecule has 3 fully saturated rings. The van der Waals surface area contributed by atoms with E-state index in [4.69, 9.17) is 4.74 Å². The predicted molar refractivity (Wildman–Crippen MR) is 121 cm³/mol. The van der Waals surface area contributed by atoms with Gasteiger partial charge in [0.2, 0.25) is 10.0 Å². The molecule has 0 unspecified atom stereocenters. The number of piperidine rings is 1. The van der Waals surface area contributed by atoms with Gasteiger partial charge in [-0.05, 0) is 31.9 Å². The zero-order valence-corrected chi connectivity index (χ0v) is 19.5. The van der Waals surface area contributed by atoms with E-state index in [1.54, 1.807) is 5.48 Å². The van der Waals surface area contributed by atoms with Gasteiger partial charge in [-0.15, -0.1) is 0 Å². The summed E-state index contributed by atoms with van der Waals surface area (Å²) in [4.78, 5) is 17.3. The zero-order chi connectivity index (χ0) is 22.8. The van der Waals surface area contributed by atoms with E-state index in [0.29, 0.717) is 19.1 Å². The summed E-state index contributed by atoms with van der Waals surface area (Å²) in [5, 5.41) is 9.21. The summed E-state index contributed by atoms with van der Waals surface area (Å²) in [6.07, 6.45) is 1.61. The first-order chi connectivity index (χ1) is 15.4. The Hall–Kier alpha value is -1.72. The molecule has 4 rings (SSSR count). The highest BCUT2D eigenvalue weighted by Crippen LogP contribution is 2.35. The Bertz CT molecular complexity index is 885. The number of hydrogen-bond acceptors (Lipinski definition) is 7. The van der Waals surface area contributed by atoms with Crippen LogP contribution in [-0.4, -0.2) is 92.0 Å².